The molecule has 14 heavy (non-hydrogen) atoms. The second-order valence-electron chi connectivity index (χ2n) is 3.64. The number of methoxy groups -OCH3 is 1. The minimum Gasteiger partial charge on any atom is -0.496 e. The van der Waals surface area contributed by atoms with E-state index in [-0.39, 0.29) is 0 Å². The summed E-state index contributed by atoms with van der Waals surface area (Å²) in [4.78, 5) is 4.49. The molecule has 0 aliphatic carbocycles. The van der Waals surface area contributed by atoms with E-state index in [1.807, 2.05) is 6.07 Å². The fraction of sp³-hybridized carbons (Fsp3) is 0.417. The fourth-order valence-corrected chi connectivity index (χ4v) is 1.81. The number of hydrogen-bond acceptors (Lipinski definition) is 2. The summed E-state index contributed by atoms with van der Waals surface area (Å²) >= 11 is 0. The summed E-state index contributed by atoms with van der Waals surface area (Å²) in [6.07, 6.45) is 2.26. The average molecular weight is 189 g/mol. The molecule has 1 aliphatic heterocycles. The summed E-state index contributed by atoms with van der Waals surface area (Å²) in [5.74, 6) is 0.941. The van der Waals surface area contributed by atoms with Crippen LogP contribution < -0.4 is 4.74 Å². The van der Waals surface area contributed by atoms with Gasteiger partial charge in [0.1, 0.15) is 5.75 Å². The summed E-state index contributed by atoms with van der Waals surface area (Å²) in [5.41, 5.74) is 3.63. The molecule has 74 valence electrons. The van der Waals surface area contributed by atoms with Crippen LogP contribution in [0.25, 0.3) is 0 Å². The molecule has 2 nitrogen and oxygen atoms in total. The van der Waals surface area contributed by atoms with Crippen LogP contribution in [0.1, 0.15) is 24.0 Å². The van der Waals surface area contributed by atoms with E-state index in [9.17, 15) is 0 Å². The zero-order chi connectivity index (χ0) is 9.97. The van der Waals surface area contributed by atoms with Crippen molar-refractivity contribution < 1.29 is 4.74 Å². The summed E-state index contributed by atoms with van der Waals surface area (Å²) in [6, 6.07) is 6.24. The lowest BCUT2D eigenvalue weighted by molar-refractivity contribution is 0.414. The highest BCUT2D eigenvalue weighted by molar-refractivity contribution is 6.03. The predicted molar refractivity (Wildman–Crippen MR) is 58.4 cm³/mol. The van der Waals surface area contributed by atoms with Gasteiger partial charge in [-0.3, -0.25) is 4.99 Å². The Labute approximate surface area is 84.6 Å². The van der Waals surface area contributed by atoms with Crippen molar-refractivity contribution in [2.45, 2.75) is 19.8 Å². The van der Waals surface area contributed by atoms with Crippen LogP contribution in [0.15, 0.2) is 23.2 Å². The summed E-state index contributed by atoms with van der Waals surface area (Å²) < 4.78 is 5.33. The Balaban J connectivity index is 2.43. The smallest absolute Gasteiger partial charge is 0.127 e. The first-order valence-electron chi connectivity index (χ1n) is 4.99. The zero-order valence-electron chi connectivity index (χ0n) is 8.71. The van der Waals surface area contributed by atoms with Gasteiger partial charge in [0.25, 0.3) is 0 Å². The minimum absolute atomic E-state index is 0.941. The maximum Gasteiger partial charge on any atom is 0.127 e. The molecule has 0 saturated carbocycles. The van der Waals surface area contributed by atoms with E-state index >= 15 is 0 Å². The molecule has 0 aromatic heterocycles. The van der Waals surface area contributed by atoms with Gasteiger partial charge in [-0.1, -0.05) is 11.6 Å². The third kappa shape index (κ3) is 1.65. The van der Waals surface area contributed by atoms with E-state index in [1.165, 1.54) is 23.3 Å². The van der Waals surface area contributed by atoms with E-state index in [0.29, 0.717) is 0 Å². The van der Waals surface area contributed by atoms with E-state index in [4.69, 9.17) is 4.74 Å². The fourth-order valence-electron chi connectivity index (χ4n) is 1.81. The molecule has 0 N–H and O–H groups in total. The maximum absolute atomic E-state index is 5.33. The Bertz CT molecular complexity index is 369. The molecule has 1 aliphatic rings. The summed E-state index contributed by atoms with van der Waals surface area (Å²) in [6.45, 7) is 3.06. The molecule has 2 heteroatoms. The van der Waals surface area contributed by atoms with Crippen molar-refractivity contribution in [1.82, 2.24) is 0 Å². The van der Waals surface area contributed by atoms with Gasteiger partial charge in [0, 0.05) is 17.8 Å². The Morgan fingerprint density at radius 1 is 1.36 bits per heavy atom. The monoisotopic (exact) mass is 189 g/mol. The Hall–Kier alpha value is -1.31. The number of rotatable bonds is 2. The summed E-state index contributed by atoms with van der Waals surface area (Å²) in [7, 11) is 1.71. The lowest BCUT2D eigenvalue weighted by Crippen LogP contribution is -2.00. The van der Waals surface area contributed by atoms with Gasteiger partial charge in [0.2, 0.25) is 0 Å². The third-order valence-corrected chi connectivity index (χ3v) is 2.54. The van der Waals surface area contributed by atoms with Crippen molar-refractivity contribution in [3.8, 4) is 5.75 Å². The quantitative estimate of drug-likeness (QED) is 0.700. The molecule has 2 rings (SSSR count). The van der Waals surface area contributed by atoms with Gasteiger partial charge in [0.05, 0.1) is 7.11 Å². The van der Waals surface area contributed by atoms with Crippen molar-refractivity contribution in [2.75, 3.05) is 13.7 Å². The molecule has 0 spiro atoms. The highest BCUT2D eigenvalue weighted by Gasteiger charge is 2.13. The zero-order valence-corrected chi connectivity index (χ0v) is 8.71. The van der Waals surface area contributed by atoms with Crippen molar-refractivity contribution in [1.29, 1.82) is 0 Å². The first kappa shape index (κ1) is 9.25. The van der Waals surface area contributed by atoms with E-state index in [0.717, 1.165) is 18.7 Å². The molecule has 0 saturated heterocycles. The molecular weight excluding hydrogens is 174 g/mol. The first-order chi connectivity index (χ1) is 6.81. The largest absolute Gasteiger partial charge is 0.496 e. The molecule has 0 unspecified atom stereocenters. The molecule has 1 aromatic rings. The van der Waals surface area contributed by atoms with Crippen LogP contribution in [0.5, 0.6) is 5.75 Å². The number of nitrogens with zero attached hydrogens (tertiary/aromatic N) is 1. The number of hydrogen-bond donors (Lipinski definition) is 0. The number of benzene rings is 1. The van der Waals surface area contributed by atoms with E-state index < -0.39 is 0 Å². The molecule has 0 fully saturated rings. The van der Waals surface area contributed by atoms with Crippen molar-refractivity contribution in [3.63, 3.8) is 0 Å². The second kappa shape index (κ2) is 3.82. The number of aryl methyl sites for hydroxylation is 1. The van der Waals surface area contributed by atoms with Gasteiger partial charge in [-0.05, 0) is 31.9 Å². The highest BCUT2D eigenvalue weighted by Crippen LogP contribution is 2.24. The van der Waals surface area contributed by atoms with Crippen LogP contribution in [-0.4, -0.2) is 19.4 Å². The van der Waals surface area contributed by atoms with Crippen LogP contribution >= 0.6 is 0 Å². The molecule has 0 radical (unpaired) electrons. The number of aliphatic imine (C=N–C) groups is 1. The maximum atomic E-state index is 5.33. The third-order valence-electron chi connectivity index (χ3n) is 2.54. The average Bonchev–Trinajstić information content (AvgIpc) is 2.70. The van der Waals surface area contributed by atoms with Crippen LogP contribution in [-0.2, 0) is 0 Å². The lowest BCUT2D eigenvalue weighted by atomic mass is 10.0. The Morgan fingerprint density at radius 3 is 2.86 bits per heavy atom. The molecule has 0 atom stereocenters. The van der Waals surface area contributed by atoms with Crippen LogP contribution in [0.3, 0.4) is 0 Å². The molecule has 1 heterocycles. The lowest BCUT2D eigenvalue weighted by Gasteiger charge is -2.08. The Kier molecular flexibility index (Phi) is 2.53. The van der Waals surface area contributed by atoms with Gasteiger partial charge in [-0.2, -0.15) is 0 Å². The second-order valence-corrected chi connectivity index (χ2v) is 3.64. The Morgan fingerprint density at radius 2 is 2.21 bits per heavy atom. The van der Waals surface area contributed by atoms with Crippen molar-refractivity contribution >= 4 is 5.71 Å². The van der Waals surface area contributed by atoms with Gasteiger partial charge in [-0.15, -0.1) is 0 Å². The molecule has 1 aromatic carbocycles. The van der Waals surface area contributed by atoms with Crippen LogP contribution in [0.2, 0.25) is 0 Å². The highest BCUT2D eigenvalue weighted by atomic mass is 16.5. The van der Waals surface area contributed by atoms with Gasteiger partial charge in [-0.25, -0.2) is 0 Å². The van der Waals surface area contributed by atoms with E-state index in [2.05, 4.69) is 24.0 Å². The SMILES string of the molecule is COc1ccc(C)cc1C1=NCCC1. The van der Waals surface area contributed by atoms with E-state index in [1.54, 1.807) is 7.11 Å². The van der Waals surface area contributed by atoms with Crippen molar-refractivity contribution in [2.24, 2.45) is 4.99 Å². The standard InChI is InChI=1S/C12H15NO/c1-9-5-6-12(14-2)10(8-9)11-4-3-7-13-11/h5-6,8H,3-4,7H2,1-2H3. The minimum atomic E-state index is 0.941. The van der Waals surface area contributed by atoms with Gasteiger partial charge < -0.3 is 4.74 Å². The predicted octanol–water partition coefficient (Wildman–Crippen LogP) is 2.59. The first-order valence-corrected chi connectivity index (χ1v) is 4.99. The molecule has 0 amide bonds. The topological polar surface area (TPSA) is 21.6 Å². The molecular formula is C12H15NO. The van der Waals surface area contributed by atoms with Crippen LogP contribution in [0, 0.1) is 6.92 Å². The van der Waals surface area contributed by atoms with Crippen LogP contribution in [0.4, 0.5) is 0 Å². The summed E-state index contributed by atoms with van der Waals surface area (Å²) in [5, 5.41) is 0. The van der Waals surface area contributed by atoms with Crippen molar-refractivity contribution in [3.05, 3.63) is 29.3 Å². The number of ether oxygens (including phenoxy) is 1. The molecule has 0 bridgehead atoms. The normalized spacial score (nSPS) is 15.4. The van der Waals surface area contributed by atoms with Gasteiger partial charge in [0.15, 0.2) is 0 Å². The van der Waals surface area contributed by atoms with Gasteiger partial charge >= 0.3 is 0 Å².